The van der Waals surface area contributed by atoms with Crippen LogP contribution in [0.5, 0.6) is 0 Å². The Morgan fingerprint density at radius 2 is 0.697 bits per heavy atom. The Bertz CT molecular complexity index is 1430. The maximum atomic E-state index is 9.19. The third-order valence-electron chi connectivity index (χ3n) is 7.06. The van der Waals surface area contributed by atoms with Crippen LogP contribution in [-0.2, 0) is 47.8 Å². The van der Waals surface area contributed by atoms with Crippen molar-refractivity contribution in [3.05, 3.63) is 61.2 Å². The minimum atomic E-state index is -4.92. The maximum absolute atomic E-state index is 9.19. The molecule has 2 aromatic rings. The van der Waals surface area contributed by atoms with Crippen LogP contribution < -0.4 is 4.57 Å². The van der Waals surface area contributed by atoms with E-state index in [2.05, 4.69) is 45.1 Å². The van der Waals surface area contributed by atoms with Crippen molar-refractivity contribution < 1.29 is 70.0 Å². The van der Waals surface area contributed by atoms with Crippen LogP contribution in [0.3, 0.4) is 0 Å². The second-order valence-electron chi connectivity index (χ2n) is 14.4. The third kappa shape index (κ3) is 144. The van der Waals surface area contributed by atoms with Gasteiger partial charge < -0.3 is 27.5 Å². The van der Waals surface area contributed by atoms with E-state index in [4.69, 9.17) is 48.0 Å². The highest BCUT2D eigenvalue weighted by Crippen LogP contribution is 2.13. The van der Waals surface area contributed by atoms with Crippen LogP contribution in [0.25, 0.3) is 0 Å². The van der Waals surface area contributed by atoms with Gasteiger partial charge in [0.05, 0.1) is 80.9 Å². The highest BCUT2D eigenvalue weighted by atomic mass is 32.3. The highest BCUT2D eigenvalue weighted by molar-refractivity contribution is 7.85. The number of hydrogen-bond donors (Lipinski definition) is 2. The predicted molar refractivity (Wildman–Crippen MR) is 272 cm³/mol. The summed E-state index contributed by atoms with van der Waals surface area (Å²) in [6, 6.07) is 11.7. The van der Waals surface area contributed by atoms with Crippen LogP contribution in [0.4, 0.5) is 0 Å². The fraction of sp³-hybridized carbons (Fsp3) is 0.773. The lowest BCUT2D eigenvalue weighted by Crippen LogP contribution is -2.43. The molecule has 3 aliphatic heterocycles. The summed E-state index contributed by atoms with van der Waals surface area (Å²) in [7, 11) is -2.95. The van der Waals surface area contributed by atoms with Gasteiger partial charge in [0.1, 0.15) is 7.05 Å². The molecule has 2 aromatic heterocycles. The quantitative estimate of drug-likeness (QED) is 0.115. The molecule has 3 aliphatic rings. The van der Waals surface area contributed by atoms with Crippen molar-refractivity contribution in [2.45, 2.75) is 127 Å². The molecular weight excluding hydrogens is 935 g/mol. The molecule has 2 N–H and O–H groups in total. The lowest BCUT2D eigenvalue weighted by atomic mass is 10.1. The summed E-state index contributed by atoms with van der Waals surface area (Å²) < 4.78 is 118. The molecule has 5 rings (SSSR count). The van der Waals surface area contributed by atoms with E-state index in [-0.39, 0.29) is 0 Å². The summed E-state index contributed by atoms with van der Waals surface area (Å²) >= 11 is 0. The van der Waals surface area contributed by atoms with Crippen LogP contribution in [-0.4, -0.2) is 169 Å². The van der Waals surface area contributed by atoms with Crippen molar-refractivity contribution in [3.63, 3.8) is 0 Å². The maximum Gasteiger partial charge on any atom is 0.261 e. The Labute approximate surface area is 407 Å². The fourth-order valence-electron chi connectivity index (χ4n) is 4.59. The highest BCUT2D eigenvalue weighted by Gasteiger charge is 2.18. The Morgan fingerprint density at radius 3 is 0.803 bits per heavy atom. The fourth-order valence-corrected chi connectivity index (χ4v) is 4.59. The van der Waals surface area contributed by atoms with Crippen molar-refractivity contribution in [2.24, 2.45) is 7.05 Å². The van der Waals surface area contributed by atoms with E-state index in [0.717, 1.165) is 0 Å². The largest absolute Gasteiger partial charge is 0.748 e. The molecule has 66 heavy (non-hydrogen) atoms. The van der Waals surface area contributed by atoms with Gasteiger partial charge in [-0.25, -0.2) is 29.8 Å². The summed E-state index contributed by atoms with van der Waals surface area (Å²) in [6.07, 6.45) is 22.4. The number of nitrogens with zero attached hydrogens (tertiary/aromatic N) is 5. The average molecular weight is 1030 g/mol. The number of aromatic nitrogens is 2. The van der Waals surface area contributed by atoms with Gasteiger partial charge in [0, 0.05) is 37.0 Å². The molecule has 0 aliphatic carbocycles. The van der Waals surface area contributed by atoms with Gasteiger partial charge in [0.2, 0.25) is 10.4 Å². The summed E-state index contributed by atoms with van der Waals surface area (Å²) in [6.45, 7) is 28.2. The van der Waals surface area contributed by atoms with Gasteiger partial charge in [0.25, 0.3) is 10.1 Å². The molecule has 3 saturated heterocycles. The second-order valence-corrected chi connectivity index (χ2v) is 19.5. The average Bonchev–Trinajstić information content (AvgIpc) is 3.21. The molecule has 18 nitrogen and oxygen atoms in total. The SMILES string of the molecule is CC.CC.CC.CC.CC.CN1CCCCC1.CS(=O)(=O)O.CS(=O)(=O)[O-].CS(=O)(=O)[O-].C[N+]1(C)CCCCC1.C[N+]1(C)CCCCC1.C[n+]1ccccc1.O=S(=O)([O-])O.c1ccncc1. The van der Waals surface area contributed by atoms with Gasteiger partial charge in [-0.3, -0.25) is 14.1 Å². The molecule has 5 heterocycles. The first-order valence-electron chi connectivity index (χ1n) is 22.7. The van der Waals surface area contributed by atoms with E-state index < -0.39 is 40.8 Å². The molecule has 0 atom stereocenters. The zero-order valence-corrected chi connectivity index (χ0v) is 47.9. The van der Waals surface area contributed by atoms with E-state index in [1.54, 1.807) is 12.4 Å². The van der Waals surface area contributed by atoms with Gasteiger partial charge in [-0.2, -0.15) is 8.42 Å². The standard InChI is InChI=1S/2C7H16N.C6H13N.C6H8N.C5H5N.5C2H6.3CH4O3S.H2O4S/c2*1-8(2)6-4-3-5-7-8;2*1-7-5-3-2-4-6-7;1-2-4-6-5-3-1;5*1-2;4*1-5(2,3)4/h2*3-7H2,1-2H3;2-6H2,1H3;2-6H,1H3;1-5H;5*1-2H3;3*1H3,(H,2,3,4);(H2,1,2,3,4)/q2*+1;;+1;;;;;;;;;;/p-3. The Kier molecular flexibility index (Phi) is 70.3. The van der Waals surface area contributed by atoms with Crippen LogP contribution >= 0.6 is 0 Å². The molecule has 3 fully saturated rings. The minimum absolute atomic E-state index is 0.604. The molecule has 0 aromatic carbocycles. The number of quaternary nitrogens is 2. The minimum Gasteiger partial charge on any atom is -0.748 e. The van der Waals surface area contributed by atoms with Crippen LogP contribution in [0.15, 0.2) is 61.2 Å². The second kappa shape index (κ2) is 55.4. The Balaban J connectivity index is -0.0000000776. The summed E-state index contributed by atoms with van der Waals surface area (Å²) in [4.78, 5) is 6.18. The summed E-state index contributed by atoms with van der Waals surface area (Å²) in [5.41, 5.74) is 0. The molecule has 0 radical (unpaired) electrons. The first-order chi connectivity index (χ1) is 30.2. The van der Waals surface area contributed by atoms with E-state index in [0.29, 0.717) is 18.8 Å². The lowest BCUT2D eigenvalue weighted by Gasteiger charge is -2.33. The van der Waals surface area contributed by atoms with E-state index in [9.17, 15) is 8.42 Å². The Hall–Kier alpha value is -2.22. The van der Waals surface area contributed by atoms with Gasteiger partial charge in [-0.1, -0.05) is 87.8 Å². The predicted octanol–water partition coefficient (Wildman–Crippen LogP) is 7.15. The smallest absolute Gasteiger partial charge is 0.261 e. The molecule has 402 valence electrons. The first kappa shape index (κ1) is 83.8. The lowest BCUT2D eigenvalue weighted by molar-refractivity contribution is -0.894. The van der Waals surface area contributed by atoms with Crippen molar-refractivity contribution in [3.8, 4) is 0 Å². The molecule has 0 unspecified atom stereocenters. The molecule has 0 saturated carbocycles. The first-order valence-corrected chi connectivity index (χ1v) is 29.5. The molecular formula is C44H99N5O13S4. The normalized spacial score (nSPS) is 15.0. The zero-order chi connectivity index (χ0) is 54.5. The van der Waals surface area contributed by atoms with Crippen LogP contribution in [0.2, 0.25) is 0 Å². The molecule has 0 amide bonds. The van der Waals surface area contributed by atoms with E-state index in [1.165, 1.54) is 106 Å². The summed E-state index contributed by atoms with van der Waals surface area (Å²) in [5.74, 6) is 0. The molecule has 0 spiro atoms. The van der Waals surface area contributed by atoms with Crippen LogP contribution in [0.1, 0.15) is 127 Å². The van der Waals surface area contributed by atoms with Crippen molar-refractivity contribution in [2.75, 3.05) is 93.3 Å². The third-order valence-corrected chi connectivity index (χ3v) is 7.06. The molecule has 0 bridgehead atoms. The summed E-state index contributed by atoms with van der Waals surface area (Å²) in [5, 5.41) is 0. The van der Waals surface area contributed by atoms with Gasteiger partial charge in [-0.15, -0.1) is 0 Å². The number of piperidine rings is 3. The zero-order valence-electron chi connectivity index (χ0n) is 44.6. The van der Waals surface area contributed by atoms with Crippen molar-refractivity contribution in [1.29, 1.82) is 0 Å². The number of aryl methyl sites for hydroxylation is 1. The number of rotatable bonds is 0. The van der Waals surface area contributed by atoms with E-state index in [1.807, 2.05) is 130 Å². The Morgan fingerprint density at radius 1 is 0.485 bits per heavy atom. The molecule has 22 heteroatoms. The number of pyridine rings is 2. The van der Waals surface area contributed by atoms with Gasteiger partial charge in [-0.05, 0) is 83.6 Å². The number of likely N-dealkylation sites (tertiary alicyclic amines) is 3. The van der Waals surface area contributed by atoms with Crippen molar-refractivity contribution >= 4 is 40.8 Å². The monoisotopic (exact) mass is 1030 g/mol. The van der Waals surface area contributed by atoms with Gasteiger partial charge >= 0.3 is 0 Å². The van der Waals surface area contributed by atoms with Crippen LogP contribution in [0, 0.1) is 0 Å². The van der Waals surface area contributed by atoms with Gasteiger partial charge in [0.15, 0.2) is 12.4 Å². The van der Waals surface area contributed by atoms with E-state index >= 15 is 0 Å². The topological polar surface area (TPSA) is 266 Å². The van der Waals surface area contributed by atoms with Crippen molar-refractivity contribution in [1.82, 2.24) is 9.88 Å². The number of hydrogen-bond acceptors (Lipinski definition) is 13.